The third-order valence-electron chi connectivity index (χ3n) is 4.01. The van der Waals surface area contributed by atoms with Gasteiger partial charge in [0.05, 0.1) is 10.9 Å². The number of rotatable bonds is 4. The van der Waals surface area contributed by atoms with E-state index >= 15 is 0 Å². The normalized spacial score (nSPS) is 11.7. The molecule has 0 radical (unpaired) electrons. The highest BCUT2D eigenvalue weighted by Crippen LogP contribution is 2.20. The smallest absolute Gasteiger partial charge is 0.265 e. The summed E-state index contributed by atoms with van der Waals surface area (Å²) in [5.41, 5.74) is 0.636. The maximum atomic E-state index is 13.2. The van der Waals surface area contributed by atoms with Crippen LogP contribution in [0.25, 0.3) is 22.7 Å². The van der Waals surface area contributed by atoms with Gasteiger partial charge in [0, 0.05) is 16.6 Å². The lowest BCUT2D eigenvalue weighted by molar-refractivity contribution is 0.105. The summed E-state index contributed by atoms with van der Waals surface area (Å²) in [4.78, 5) is 34.3. The lowest BCUT2D eigenvalue weighted by atomic mass is 10.1. The number of allylic oxidation sites excluding steroid dienone is 1. The van der Waals surface area contributed by atoms with Gasteiger partial charge in [-0.3, -0.25) is 14.2 Å². The van der Waals surface area contributed by atoms with Crippen LogP contribution >= 0.6 is 22.9 Å². The highest BCUT2D eigenvalue weighted by atomic mass is 35.5. The van der Waals surface area contributed by atoms with Crippen LogP contribution in [-0.2, 0) is 0 Å². The number of hydrogen-bond donors (Lipinski definition) is 0. The zero-order chi connectivity index (χ0) is 19.7. The second kappa shape index (κ2) is 7.46. The van der Waals surface area contributed by atoms with Crippen LogP contribution in [0.15, 0.2) is 65.2 Å². The molecule has 0 N–H and O–H groups in total. The van der Waals surface area contributed by atoms with Crippen molar-refractivity contribution in [3.63, 3.8) is 0 Å². The molecule has 0 atom stereocenters. The Kier molecular flexibility index (Phi) is 4.85. The maximum Gasteiger partial charge on any atom is 0.265 e. The number of thiazole rings is 1. The molecule has 0 saturated heterocycles. The summed E-state index contributed by atoms with van der Waals surface area (Å²) in [7, 11) is 0. The van der Waals surface area contributed by atoms with E-state index in [1.807, 2.05) is 0 Å². The van der Waals surface area contributed by atoms with E-state index in [-0.39, 0.29) is 10.7 Å². The van der Waals surface area contributed by atoms with Gasteiger partial charge in [-0.25, -0.2) is 14.4 Å². The summed E-state index contributed by atoms with van der Waals surface area (Å²) < 4.78 is 14.4. The number of carbonyl (C=O) groups is 1. The molecule has 2 aromatic carbocycles. The first-order chi connectivity index (χ1) is 13.5. The number of nitrogens with zero attached hydrogens (tertiary/aromatic N) is 3. The van der Waals surface area contributed by atoms with Gasteiger partial charge in [-0.05, 0) is 42.0 Å². The molecule has 4 rings (SSSR count). The van der Waals surface area contributed by atoms with Crippen molar-refractivity contribution in [2.75, 3.05) is 0 Å². The van der Waals surface area contributed by atoms with Crippen LogP contribution in [0, 0.1) is 5.82 Å². The third kappa shape index (κ3) is 3.49. The Bertz CT molecular complexity index is 1270. The summed E-state index contributed by atoms with van der Waals surface area (Å²) in [6.45, 7) is 0. The first-order valence-corrected chi connectivity index (χ1v) is 9.37. The summed E-state index contributed by atoms with van der Waals surface area (Å²) in [5.74, 6) is -0.831. The molecule has 0 aliphatic carbocycles. The second-order valence-electron chi connectivity index (χ2n) is 5.83. The molecule has 0 saturated carbocycles. The molecular weight excluding hydrogens is 401 g/mol. The minimum Gasteiger partial charge on any atom is -0.284 e. The van der Waals surface area contributed by atoms with Crippen LogP contribution in [0.2, 0.25) is 5.02 Å². The number of Topliss-reactive ketones (excluding diaryl/α,β-unsaturated/α-hetero) is 1. The van der Waals surface area contributed by atoms with Crippen molar-refractivity contribution in [2.45, 2.75) is 0 Å². The Morgan fingerprint density at radius 1 is 1.14 bits per heavy atom. The fourth-order valence-electron chi connectivity index (χ4n) is 2.67. The maximum absolute atomic E-state index is 13.2. The minimum absolute atomic E-state index is 0.0657. The Balaban J connectivity index is 1.93. The van der Waals surface area contributed by atoms with E-state index in [2.05, 4.69) is 9.97 Å². The van der Waals surface area contributed by atoms with Crippen molar-refractivity contribution in [1.82, 2.24) is 14.5 Å². The monoisotopic (exact) mass is 411 g/mol. The van der Waals surface area contributed by atoms with Gasteiger partial charge >= 0.3 is 0 Å². The van der Waals surface area contributed by atoms with Gasteiger partial charge in [-0.15, -0.1) is 11.3 Å². The molecule has 0 unspecified atom stereocenters. The third-order valence-corrected chi connectivity index (χ3v) is 5.02. The zero-order valence-corrected chi connectivity index (χ0v) is 15.7. The van der Waals surface area contributed by atoms with E-state index in [0.29, 0.717) is 21.5 Å². The first-order valence-electron chi connectivity index (χ1n) is 8.12. The number of carbonyl (C=O) groups excluding carboxylic acids is 1. The molecule has 5 nitrogen and oxygen atoms in total. The molecule has 2 aromatic heterocycles. The number of halogens is 2. The van der Waals surface area contributed by atoms with Crippen LogP contribution in [0.1, 0.15) is 15.4 Å². The highest BCUT2D eigenvalue weighted by Gasteiger charge is 2.19. The highest BCUT2D eigenvalue weighted by molar-refractivity contribution is 7.12. The van der Waals surface area contributed by atoms with Gasteiger partial charge in [-0.1, -0.05) is 23.7 Å². The minimum atomic E-state index is -0.434. The largest absolute Gasteiger partial charge is 0.284 e. The molecule has 0 aliphatic heterocycles. The van der Waals surface area contributed by atoms with Crippen LogP contribution in [0.4, 0.5) is 4.39 Å². The first kappa shape index (κ1) is 18.2. The fourth-order valence-corrected chi connectivity index (χ4v) is 3.42. The fraction of sp³-hybridized carbons (Fsp3) is 0. The summed E-state index contributed by atoms with van der Waals surface area (Å²) in [5, 5.41) is 2.69. The van der Waals surface area contributed by atoms with E-state index in [9.17, 15) is 14.0 Å². The predicted octanol–water partition coefficient (Wildman–Crippen LogP) is 4.53. The van der Waals surface area contributed by atoms with Crippen molar-refractivity contribution >= 4 is 51.4 Å². The average molecular weight is 412 g/mol. The van der Waals surface area contributed by atoms with E-state index in [1.165, 1.54) is 47.4 Å². The Labute approximate surface area is 167 Å². The molecule has 0 aliphatic rings. The zero-order valence-electron chi connectivity index (χ0n) is 14.2. The van der Waals surface area contributed by atoms with E-state index in [1.54, 1.807) is 23.6 Å². The van der Waals surface area contributed by atoms with Crippen LogP contribution in [0.5, 0.6) is 0 Å². The van der Waals surface area contributed by atoms with Crippen LogP contribution in [-0.4, -0.2) is 20.3 Å². The Morgan fingerprint density at radius 3 is 2.64 bits per heavy atom. The molecule has 2 heterocycles. The summed E-state index contributed by atoms with van der Waals surface area (Å²) in [6, 6.07) is 10.3. The Hall–Kier alpha value is -3.16. The van der Waals surface area contributed by atoms with Crippen LogP contribution in [0.3, 0.4) is 0 Å². The number of fused-ring (bicyclic) bond motifs is 1. The van der Waals surface area contributed by atoms with E-state index < -0.39 is 17.2 Å². The van der Waals surface area contributed by atoms with Crippen molar-refractivity contribution in [2.24, 2.45) is 0 Å². The molecule has 0 amide bonds. The molecule has 28 heavy (non-hydrogen) atoms. The SMILES string of the molecule is O=C(/C(=C/c1ccc(F)cc1)n1cnc2cc(Cl)ccc2c1=O)c1nccs1. The van der Waals surface area contributed by atoms with Crippen molar-refractivity contribution in [3.05, 3.63) is 92.1 Å². The number of benzene rings is 2. The van der Waals surface area contributed by atoms with E-state index in [4.69, 9.17) is 11.6 Å². The van der Waals surface area contributed by atoms with Gasteiger partial charge in [0.25, 0.3) is 5.56 Å². The van der Waals surface area contributed by atoms with Gasteiger partial charge in [0.2, 0.25) is 5.78 Å². The topological polar surface area (TPSA) is 64.8 Å². The standard InChI is InChI=1S/C20H11ClFN3O2S/c21-13-3-6-15-16(10-13)24-11-25(20(15)27)17(18(26)19-23-7-8-28-19)9-12-1-4-14(22)5-2-12/h1-11H/b17-9-. The molecule has 8 heteroatoms. The van der Waals surface area contributed by atoms with Gasteiger partial charge in [0.1, 0.15) is 17.8 Å². The van der Waals surface area contributed by atoms with Crippen molar-refractivity contribution < 1.29 is 9.18 Å². The van der Waals surface area contributed by atoms with Crippen LogP contribution < -0.4 is 5.56 Å². The van der Waals surface area contributed by atoms with Crippen molar-refractivity contribution in [1.29, 1.82) is 0 Å². The summed E-state index contributed by atoms with van der Waals surface area (Å²) in [6.07, 6.45) is 4.30. The predicted molar refractivity (Wildman–Crippen MR) is 108 cm³/mol. The van der Waals surface area contributed by atoms with Gasteiger partial charge in [0.15, 0.2) is 5.01 Å². The average Bonchev–Trinajstić information content (AvgIpc) is 3.22. The number of aromatic nitrogens is 3. The summed E-state index contributed by atoms with van der Waals surface area (Å²) >= 11 is 7.12. The molecule has 4 aromatic rings. The second-order valence-corrected chi connectivity index (χ2v) is 7.16. The quantitative estimate of drug-likeness (QED) is 0.365. The van der Waals surface area contributed by atoms with Gasteiger partial charge < -0.3 is 0 Å². The van der Waals surface area contributed by atoms with Crippen molar-refractivity contribution in [3.8, 4) is 0 Å². The van der Waals surface area contributed by atoms with E-state index in [0.717, 1.165) is 11.3 Å². The molecule has 138 valence electrons. The van der Waals surface area contributed by atoms with Gasteiger partial charge in [-0.2, -0.15) is 0 Å². The lowest BCUT2D eigenvalue weighted by Crippen LogP contribution is -2.23. The number of hydrogen-bond acceptors (Lipinski definition) is 5. The number of ketones is 1. The molecule has 0 fully saturated rings. The molecule has 0 bridgehead atoms. The molecule has 0 spiro atoms. The lowest BCUT2D eigenvalue weighted by Gasteiger charge is -2.10. The Morgan fingerprint density at radius 2 is 1.93 bits per heavy atom. The molecular formula is C20H11ClFN3O2S.